The summed E-state index contributed by atoms with van der Waals surface area (Å²) in [4.78, 5) is 1.39. The van der Waals surface area contributed by atoms with Crippen molar-refractivity contribution in [2.45, 2.75) is 25.9 Å². The van der Waals surface area contributed by atoms with E-state index < -0.39 is 0 Å². The van der Waals surface area contributed by atoms with Crippen molar-refractivity contribution < 1.29 is 4.74 Å². The molecular formula is C16H18N2OS. The molecule has 1 atom stereocenters. The van der Waals surface area contributed by atoms with Gasteiger partial charge in [-0.15, -0.1) is 11.3 Å². The molecule has 0 spiro atoms. The number of nitriles is 1. The Labute approximate surface area is 123 Å². The highest BCUT2D eigenvalue weighted by molar-refractivity contribution is 7.09. The van der Waals surface area contributed by atoms with Gasteiger partial charge in [-0.05, 0) is 42.5 Å². The van der Waals surface area contributed by atoms with Gasteiger partial charge in [0.2, 0.25) is 0 Å². The maximum absolute atomic E-state index is 9.07. The van der Waals surface area contributed by atoms with Crippen LogP contribution in [0.15, 0.2) is 35.7 Å². The lowest BCUT2D eigenvalue weighted by molar-refractivity contribution is 0.413. The van der Waals surface area contributed by atoms with Crippen LogP contribution in [0.1, 0.15) is 22.9 Å². The Hall–Kier alpha value is -1.83. The fourth-order valence-electron chi connectivity index (χ4n) is 2.05. The molecule has 20 heavy (non-hydrogen) atoms. The molecule has 1 unspecified atom stereocenters. The monoisotopic (exact) mass is 286 g/mol. The molecule has 0 amide bonds. The molecule has 0 saturated heterocycles. The predicted molar refractivity (Wildman–Crippen MR) is 82.0 cm³/mol. The summed E-state index contributed by atoms with van der Waals surface area (Å²) in [5.41, 5.74) is 1.68. The molecule has 0 aliphatic carbocycles. The Balaban J connectivity index is 1.92. The molecule has 4 heteroatoms. The van der Waals surface area contributed by atoms with Gasteiger partial charge in [-0.1, -0.05) is 12.1 Å². The van der Waals surface area contributed by atoms with Crippen LogP contribution in [0.2, 0.25) is 0 Å². The highest BCUT2D eigenvalue weighted by Gasteiger charge is 2.06. The molecule has 0 aliphatic rings. The third-order valence-electron chi connectivity index (χ3n) is 3.13. The third kappa shape index (κ3) is 3.83. The topological polar surface area (TPSA) is 45.0 Å². The molecular weight excluding hydrogens is 268 g/mol. The van der Waals surface area contributed by atoms with Gasteiger partial charge in [0.1, 0.15) is 11.8 Å². The van der Waals surface area contributed by atoms with E-state index in [4.69, 9.17) is 10.00 Å². The van der Waals surface area contributed by atoms with Crippen molar-refractivity contribution in [3.63, 3.8) is 0 Å². The summed E-state index contributed by atoms with van der Waals surface area (Å²) in [5.74, 6) is 0.628. The summed E-state index contributed by atoms with van der Waals surface area (Å²) in [5, 5.41) is 14.7. The van der Waals surface area contributed by atoms with Crippen molar-refractivity contribution in [2.75, 3.05) is 7.11 Å². The van der Waals surface area contributed by atoms with E-state index in [2.05, 4.69) is 35.8 Å². The minimum absolute atomic E-state index is 0.404. The van der Waals surface area contributed by atoms with Gasteiger partial charge < -0.3 is 10.1 Å². The minimum atomic E-state index is 0.404. The number of thiophene rings is 1. The average Bonchev–Trinajstić information content (AvgIpc) is 2.97. The number of ether oxygens (including phenoxy) is 1. The maximum atomic E-state index is 9.07. The van der Waals surface area contributed by atoms with Crippen molar-refractivity contribution >= 4 is 11.3 Å². The lowest BCUT2D eigenvalue weighted by Gasteiger charge is -2.13. The van der Waals surface area contributed by atoms with Crippen LogP contribution in [0.4, 0.5) is 0 Å². The van der Waals surface area contributed by atoms with Gasteiger partial charge in [0, 0.05) is 17.5 Å². The normalized spacial score (nSPS) is 11.8. The number of benzene rings is 1. The average molecular weight is 286 g/mol. The first-order valence-electron chi connectivity index (χ1n) is 6.55. The van der Waals surface area contributed by atoms with Gasteiger partial charge in [0.15, 0.2) is 0 Å². The number of hydrogen-bond acceptors (Lipinski definition) is 4. The maximum Gasteiger partial charge on any atom is 0.136 e. The smallest absolute Gasteiger partial charge is 0.136 e. The fourth-order valence-corrected chi connectivity index (χ4v) is 2.88. The first kappa shape index (κ1) is 14.6. The van der Waals surface area contributed by atoms with Crippen LogP contribution in [-0.2, 0) is 13.0 Å². The Kier molecular flexibility index (Phi) is 5.16. The van der Waals surface area contributed by atoms with Crippen LogP contribution < -0.4 is 10.1 Å². The molecule has 0 bridgehead atoms. The summed E-state index contributed by atoms with van der Waals surface area (Å²) in [6, 6.07) is 12.5. The molecule has 3 nitrogen and oxygen atoms in total. The van der Waals surface area contributed by atoms with E-state index in [1.165, 1.54) is 4.88 Å². The van der Waals surface area contributed by atoms with Gasteiger partial charge in [-0.25, -0.2) is 0 Å². The zero-order chi connectivity index (χ0) is 14.4. The summed E-state index contributed by atoms with van der Waals surface area (Å²) < 4.78 is 5.15. The number of rotatable bonds is 6. The molecule has 2 rings (SSSR count). The Bertz CT molecular complexity index is 587. The molecule has 1 N–H and O–H groups in total. The largest absolute Gasteiger partial charge is 0.495 e. The van der Waals surface area contributed by atoms with Crippen molar-refractivity contribution in [1.82, 2.24) is 5.32 Å². The third-order valence-corrected chi connectivity index (χ3v) is 4.03. The molecule has 0 saturated carbocycles. The molecule has 2 aromatic rings. The lowest BCUT2D eigenvalue weighted by atomic mass is 10.1. The molecule has 1 aromatic heterocycles. The van der Waals surface area contributed by atoms with Gasteiger partial charge in [-0.2, -0.15) is 5.26 Å². The second-order valence-electron chi connectivity index (χ2n) is 4.71. The highest BCUT2D eigenvalue weighted by atomic mass is 32.1. The zero-order valence-electron chi connectivity index (χ0n) is 11.7. The molecule has 1 aromatic carbocycles. The van der Waals surface area contributed by atoms with Crippen LogP contribution in [0, 0.1) is 11.3 Å². The Morgan fingerprint density at radius 1 is 1.40 bits per heavy atom. The molecule has 0 fully saturated rings. The second-order valence-corrected chi connectivity index (χ2v) is 5.74. The fraction of sp³-hybridized carbons (Fsp3) is 0.312. The van der Waals surface area contributed by atoms with Crippen molar-refractivity contribution in [3.8, 4) is 11.8 Å². The number of nitrogens with zero attached hydrogens (tertiary/aromatic N) is 1. The van der Waals surface area contributed by atoms with E-state index in [-0.39, 0.29) is 0 Å². The van der Waals surface area contributed by atoms with E-state index in [9.17, 15) is 0 Å². The van der Waals surface area contributed by atoms with Gasteiger partial charge in [-0.3, -0.25) is 0 Å². The summed E-state index contributed by atoms with van der Waals surface area (Å²) in [6.07, 6.45) is 1.03. The SMILES string of the molecule is COc1ccc(CNC(C)Cc2cccs2)cc1C#N. The quantitative estimate of drug-likeness (QED) is 0.885. The van der Waals surface area contributed by atoms with E-state index in [0.717, 1.165) is 18.5 Å². The first-order chi connectivity index (χ1) is 9.72. The highest BCUT2D eigenvalue weighted by Crippen LogP contribution is 2.19. The zero-order valence-corrected chi connectivity index (χ0v) is 12.5. The summed E-state index contributed by atoms with van der Waals surface area (Å²) in [6.45, 7) is 2.93. The van der Waals surface area contributed by atoms with Gasteiger partial charge in [0.05, 0.1) is 12.7 Å². The summed E-state index contributed by atoms with van der Waals surface area (Å²) in [7, 11) is 1.58. The predicted octanol–water partition coefficient (Wildman–Crippen LogP) is 3.35. The van der Waals surface area contributed by atoms with E-state index in [0.29, 0.717) is 17.4 Å². The molecule has 0 aliphatic heterocycles. The van der Waals surface area contributed by atoms with Crippen LogP contribution in [0.3, 0.4) is 0 Å². The summed E-state index contributed by atoms with van der Waals surface area (Å²) >= 11 is 1.78. The van der Waals surface area contributed by atoms with Crippen molar-refractivity contribution in [3.05, 3.63) is 51.7 Å². The van der Waals surface area contributed by atoms with Crippen LogP contribution in [-0.4, -0.2) is 13.2 Å². The van der Waals surface area contributed by atoms with Crippen molar-refractivity contribution in [2.24, 2.45) is 0 Å². The second kappa shape index (κ2) is 7.09. The van der Waals surface area contributed by atoms with Gasteiger partial charge in [0.25, 0.3) is 0 Å². The Morgan fingerprint density at radius 3 is 2.90 bits per heavy atom. The van der Waals surface area contributed by atoms with E-state index in [1.807, 2.05) is 18.2 Å². The Morgan fingerprint density at radius 2 is 2.25 bits per heavy atom. The van der Waals surface area contributed by atoms with Gasteiger partial charge >= 0.3 is 0 Å². The standard InChI is InChI=1S/C16H18N2OS/c1-12(8-15-4-3-7-20-15)18-11-13-5-6-16(19-2)14(9-13)10-17/h3-7,9,12,18H,8,11H2,1-2H3. The van der Waals surface area contributed by atoms with Crippen LogP contribution in [0.25, 0.3) is 0 Å². The van der Waals surface area contributed by atoms with E-state index >= 15 is 0 Å². The lowest BCUT2D eigenvalue weighted by Crippen LogP contribution is -2.27. The van der Waals surface area contributed by atoms with Crippen molar-refractivity contribution in [1.29, 1.82) is 5.26 Å². The molecule has 0 radical (unpaired) electrons. The first-order valence-corrected chi connectivity index (χ1v) is 7.43. The van der Waals surface area contributed by atoms with Crippen LogP contribution >= 0.6 is 11.3 Å². The van der Waals surface area contributed by atoms with Crippen LogP contribution in [0.5, 0.6) is 5.75 Å². The molecule has 104 valence electrons. The number of nitrogens with one attached hydrogen (secondary N) is 1. The molecule has 1 heterocycles. The number of hydrogen-bond donors (Lipinski definition) is 1. The van der Waals surface area contributed by atoms with E-state index in [1.54, 1.807) is 18.4 Å². The number of methoxy groups -OCH3 is 1. The minimum Gasteiger partial charge on any atom is -0.495 e.